The third kappa shape index (κ3) is 10.3. The minimum absolute atomic E-state index is 0.104. The Bertz CT molecular complexity index is 284. The molecule has 6 nitrogen and oxygen atoms in total. The van der Waals surface area contributed by atoms with E-state index < -0.39 is 29.3 Å². The molecule has 0 saturated carbocycles. The molecule has 1 atom stereocenters. The molecule has 0 aliphatic carbocycles. The van der Waals surface area contributed by atoms with Crippen molar-refractivity contribution >= 4 is 12.1 Å². The number of carbonyl (C=O) groups is 2. The topological polar surface area (TPSA) is 84.9 Å². The summed E-state index contributed by atoms with van der Waals surface area (Å²) in [5.74, 6) is -0.484. The second kappa shape index (κ2) is 6.75. The van der Waals surface area contributed by atoms with Gasteiger partial charge in [0.2, 0.25) is 0 Å². The second-order valence-electron chi connectivity index (χ2n) is 6.32. The molecule has 0 aromatic carbocycles. The molecule has 112 valence electrons. The van der Waals surface area contributed by atoms with Crippen LogP contribution in [0.2, 0.25) is 0 Å². The van der Waals surface area contributed by atoms with Crippen molar-refractivity contribution in [2.75, 3.05) is 6.61 Å². The molecule has 0 spiro atoms. The van der Waals surface area contributed by atoms with Crippen LogP contribution in [0.1, 0.15) is 48.0 Å². The van der Waals surface area contributed by atoms with Crippen molar-refractivity contribution in [3.05, 3.63) is 0 Å². The van der Waals surface area contributed by atoms with Crippen molar-refractivity contribution in [3.63, 3.8) is 0 Å². The molecule has 0 rings (SSSR count). The molecular formula is C13H25NO5. The zero-order chi connectivity index (χ0) is 15.3. The van der Waals surface area contributed by atoms with E-state index >= 15 is 0 Å². The number of aliphatic hydroxyl groups is 1. The van der Waals surface area contributed by atoms with Crippen molar-refractivity contribution < 1.29 is 24.2 Å². The Kier molecular flexibility index (Phi) is 6.29. The van der Waals surface area contributed by atoms with Crippen molar-refractivity contribution in [3.8, 4) is 0 Å². The highest BCUT2D eigenvalue weighted by molar-refractivity contribution is 5.73. The number of hydrogen-bond donors (Lipinski definition) is 2. The van der Waals surface area contributed by atoms with E-state index in [9.17, 15) is 9.59 Å². The van der Waals surface area contributed by atoms with Gasteiger partial charge in [0.15, 0.2) is 0 Å². The Balaban J connectivity index is 4.29. The minimum Gasteiger partial charge on any atom is -0.460 e. The first-order valence-corrected chi connectivity index (χ1v) is 6.25. The van der Waals surface area contributed by atoms with Gasteiger partial charge >= 0.3 is 12.1 Å². The summed E-state index contributed by atoms with van der Waals surface area (Å²) in [4.78, 5) is 23.1. The first-order chi connectivity index (χ1) is 8.43. The fourth-order valence-corrected chi connectivity index (χ4v) is 1.22. The van der Waals surface area contributed by atoms with Crippen LogP contribution in [0.3, 0.4) is 0 Å². The van der Waals surface area contributed by atoms with Crippen LogP contribution in [0.4, 0.5) is 4.79 Å². The number of ether oxygens (including phenoxy) is 2. The van der Waals surface area contributed by atoms with Crippen molar-refractivity contribution in [1.29, 1.82) is 0 Å². The average Bonchev–Trinajstić information content (AvgIpc) is 2.10. The lowest BCUT2D eigenvalue weighted by Crippen LogP contribution is -2.42. The highest BCUT2D eigenvalue weighted by Gasteiger charge is 2.23. The minimum atomic E-state index is -0.718. The van der Waals surface area contributed by atoms with E-state index in [1.807, 2.05) is 0 Å². The Labute approximate surface area is 114 Å². The number of hydrogen-bond acceptors (Lipinski definition) is 5. The predicted molar refractivity (Wildman–Crippen MR) is 70.7 cm³/mol. The maximum Gasteiger partial charge on any atom is 0.407 e. The quantitative estimate of drug-likeness (QED) is 0.761. The summed E-state index contributed by atoms with van der Waals surface area (Å²) >= 11 is 0. The summed E-state index contributed by atoms with van der Waals surface area (Å²) in [6.07, 6.45) is -0.775. The zero-order valence-corrected chi connectivity index (χ0v) is 12.6. The first kappa shape index (κ1) is 17.7. The van der Waals surface area contributed by atoms with Crippen molar-refractivity contribution in [1.82, 2.24) is 5.32 Å². The van der Waals surface area contributed by atoms with Crippen molar-refractivity contribution in [2.24, 2.45) is 0 Å². The Morgan fingerprint density at radius 1 is 1.05 bits per heavy atom. The van der Waals surface area contributed by atoms with Gasteiger partial charge < -0.3 is 19.9 Å². The van der Waals surface area contributed by atoms with Gasteiger partial charge in [0.1, 0.15) is 11.2 Å². The molecule has 2 N–H and O–H groups in total. The molecule has 0 aliphatic heterocycles. The summed E-state index contributed by atoms with van der Waals surface area (Å²) in [5, 5.41) is 11.6. The summed E-state index contributed by atoms with van der Waals surface area (Å²) in [6.45, 7) is 10.1. The van der Waals surface area contributed by atoms with Crippen LogP contribution in [0.25, 0.3) is 0 Å². The molecule has 0 aromatic heterocycles. The molecule has 0 heterocycles. The molecule has 0 saturated heterocycles. The van der Waals surface area contributed by atoms with Gasteiger partial charge in [-0.05, 0) is 41.5 Å². The van der Waals surface area contributed by atoms with Crippen LogP contribution in [-0.4, -0.2) is 41.0 Å². The standard InChI is InChI=1S/C13H25NO5/c1-12(2,3)18-10(16)7-9(8-15)14-11(17)19-13(4,5)6/h9,15H,7-8H2,1-6H3,(H,14,17)/t9-/m0/s1. The van der Waals surface area contributed by atoms with Gasteiger partial charge in [0, 0.05) is 0 Å². The molecular weight excluding hydrogens is 250 g/mol. The molecule has 0 radical (unpaired) electrons. The number of carbonyl (C=O) groups excluding carboxylic acids is 2. The van der Waals surface area contributed by atoms with E-state index in [1.165, 1.54) is 0 Å². The highest BCUT2D eigenvalue weighted by atomic mass is 16.6. The molecule has 0 aromatic rings. The Hall–Kier alpha value is -1.30. The summed E-state index contributed by atoms with van der Waals surface area (Å²) in [5.41, 5.74) is -1.22. The van der Waals surface area contributed by atoms with E-state index in [-0.39, 0.29) is 13.0 Å². The lowest BCUT2D eigenvalue weighted by molar-refractivity contribution is -0.155. The smallest absolute Gasteiger partial charge is 0.407 e. The monoisotopic (exact) mass is 275 g/mol. The van der Waals surface area contributed by atoms with Crippen LogP contribution in [0.15, 0.2) is 0 Å². The SMILES string of the molecule is CC(C)(C)OC(=O)C[C@@H](CO)NC(=O)OC(C)(C)C. The first-order valence-electron chi connectivity index (χ1n) is 6.25. The molecule has 0 aliphatic rings. The molecule has 0 fully saturated rings. The van der Waals surface area contributed by atoms with E-state index in [1.54, 1.807) is 41.5 Å². The van der Waals surface area contributed by atoms with Crippen LogP contribution in [0.5, 0.6) is 0 Å². The van der Waals surface area contributed by atoms with Gasteiger partial charge in [-0.3, -0.25) is 4.79 Å². The fourth-order valence-electron chi connectivity index (χ4n) is 1.22. The van der Waals surface area contributed by atoms with Gasteiger partial charge in [-0.1, -0.05) is 0 Å². The molecule has 0 bridgehead atoms. The summed E-state index contributed by atoms with van der Waals surface area (Å²) < 4.78 is 10.1. The third-order valence-electron chi connectivity index (χ3n) is 1.77. The third-order valence-corrected chi connectivity index (χ3v) is 1.77. The number of rotatable bonds is 4. The number of esters is 1. The summed E-state index contributed by atoms with van der Waals surface area (Å²) in [7, 11) is 0. The highest BCUT2D eigenvalue weighted by Crippen LogP contribution is 2.10. The maximum absolute atomic E-state index is 11.6. The van der Waals surface area contributed by atoms with Crippen LogP contribution in [-0.2, 0) is 14.3 Å². The second-order valence-corrected chi connectivity index (χ2v) is 6.32. The lowest BCUT2D eigenvalue weighted by Gasteiger charge is -2.24. The van der Waals surface area contributed by atoms with Gasteiger partial charge in [-0.2, -0.15) is 0 Å². The van der Waals surface area contributed by atoms with Gasteiger partial charge in [-0.15, -0.1) is 0 Å². The van der Waals surface area contributed by atoms with Crippen LogP contribution < -0.4 is 5.32 Å². The van der Waals surface area contributed by atoms with Crippen LogP contribution in [0, 0.1) is 0 Å². The molecule has 1 amide bonds. The molecule has 6 heteroatoms. The number of aliphatic hydroxyl groups excluding tert-OH is 1. The number of amides is 1. The summed E-state index contributed by atoms with van der Waals surface area (Å²) in [6, 6.07) is -0.718. The van der Waals surface area contributed by atoms with E-state index in [0.717, 1.165) is 0 Å². The number of alkyl carbamates (subject to hydrolysis) is 1. The lowest BCUT2D eigenvalue weighted by atomic mass is 10.1. The number of nitrogens with one attached hydrogen (secondary N) is 1. The van der Waals surface area contributed by atoms with E-state index in [2.05, 4.69) is 5.32 Å². The maximum atomic E-state index is 11.6. The normalized spacial score (nSPS) is 13.6. The Morgan fingerprint density at radius 3 is 1.89 bits per heavy atom. The Morgan fingerprint density at radius 2 is 1.53 bits per heavy atom. The molecule has 19 heavy (non-hydrogen) atoms. The van der Waals surface area contributed by atoms with E-state index in [0.29, 0.717) is 0 Å². The zero-order valence-electron chi connectivity index (χ0n) is 12.6. The average molecular weight is 275 g/mol. The van der Waals surface area contributed by atoms with Gasteiger partial charge in [-0.25, -0.2) is 4.79 Å². The predicted octanol–water partition coefficient (Wildman–Crippen LogP) is 1.60. The molecule has 0 unspecified atom stereocenters. The van der Waals surface area contributed by atoms with E-state index in [4.69, 9.17) is 14.6 Å². The van der Waals surface area contributed by atoms with Gasteiger partial charge in [0.05, 0.1) is 19.1 Å². The van der Waals surface area contributed by atoms with Crippen molar-refractivity contribution in [2.45, 2.75) is 65.2 Å². The van der Waals surface area contributed by atoms with Crippen LogP contribution >= 0.6 is 0 Å². The fraction of sp³-hybridized carbons (Fsp3) is 0.846. The largest absolute Gasteiger partial charge is 0.460 e. The van der Waals surface area contributed by atoms with Gasteiger partial charge in [0.25, 0.3) is 0 Å².